The lowest BCUT2D eigenvalue weighted by atomic mass is 9.90. The average Bonchev–Trinajstić information content (AvgIpc) is 3.04. The highest BCUT2D eigenvalue weighted by Gasteiger charge is 2.37. The van der Waals surface area contributed by atoms with Crippen molar-refractivity contribution >= 4 is 17.2 Å². The van der Waals surface area contributed by atoms with E-state index < -0.39 is 5.91 Å². The number of primary amides is 1. The van der Waals surface area contributed by atoms with Crippen molar-refractivity contribution in [3.8, 4) is 5.88 Å². The maximum Gasteiger partial charge on any atom is 0.264 e. The molecule has 1 amide bonds. The molecule has 1 saturated carbocycles. The fourth-order valence-corrected chi connectivity index (χ4v) is 4.31. The van der Waals surface area contributed by atoms with Crippen molar-refractivity contribution in [2.75, 3.05) is 6.61 Å². The molecular formula is C17H27N3O3S. The van der Waals surface area contributed by atoms with Crippen LogP contribution in [0.1, 0.15) is 60.6 Å². The Hall–Kier alpha value is -1.18. The number of hydrogen-bond acceptors (Lipinski definition) is 6. The Bertz CT molecular complexity index is 594. The van der Waals surface area contributed by atoms with Gasteiger partial charge in [-0.05, 0) is 52.9 Å². The molecule has 2 heterocycles. The predicted molar refractivity (Wildman–Crippen MR) is 93.6 cm³/mol. The third-order valence-electron chi connectivity index (χ3n) is 5.04. The summed E-state index contributed by atoms with van der Waals surface area (Å²) in [5.41, 5.74) is 5.32. The first kappa shape index (κ1) is 17.6. The van der Waals surface area contributed by atoms with Gasteiger partial charge in [-0.25, -0.2) is 4.98 Å². The van der Waals surface area contributed by atoms with Gasteiger partial charge in [0.25, 0.3) is 5.91 Å². The molecule has 3 rings (SSSR count). The summed E-state index contributed by atoms with van der Waals surface area (Å²) >= 11 is 1.30. The number of carbonyl (C=O) groups excluding carboxylic acids is 1. The molecule has 3 N–H and O–H groups in total. The van der Waals surface area contributed by atoms with Crippen molar-refractivity contribution in [3.63, 3.8) is 0 Å². The van der Waals surface area contributed by atoms with Gasteiger partial charge in [0, 0.05) is 18.7 Å². The van der Waals surface area contributed by atoms with Crippen LogP contribution in [-0.2, 0) is 4.74 Å². The molecule has 1 aromatic heterocycles. The van der Waals surface area contributed by atoms with E-state index in [4.69, 9.17) is 15.2 Å². The topological polar surface area (TPSA) is 86.5 Å². The van der Waals surface area contributed by atoms with Gasteiger partial charge in [-0.15, -0.1) is 11.3 Å². The van der Waals surface area contributed by atoms with Crippen LogP contribution in [0.3, 0.4) is 0 Å². The standard InChI is InChI=1S/C17H27N3O3S/c1-10-19-16(14(24-10)15(18)21)23-12-6-4-11(5-7-12)20-13-8-9-22-17(13,2)3/h11-13,20H,4-9H2,1-3H3,(H2,18,21). The SMILES string of the molecule is Cc1nc(OC2CCC(NC3CCOC3(C)C)CC2)c(C(N)=O)s1. The molecule has 2 fully saturated rings. The van der Waals surface area contributed by atoms with E-state index in [0.717, 1.165) is 43.7 Å². The highest BCUT2D eigenvalue weighted by atomic mass is 32.1. The summed E-state index contributed by atoms with van der Waals surface area (Å²) in [6, 6.07) is 0.922. The number of nitrogens with one attached hydrogen (secondary N) is 1. The molecular weight excluding hydrogens is 326 g/mol. The van der Waals surface area contributed by atoms with Gasteiger partial charge in [-0.2, -0.15) is 0 Å². The molecule has 1 saturated heterocycles. The number of nitrogens with two attached hydrogens (primary N) is 1. The van der Waals surface area contributed by atoms with Gasteiger partial charge in [0.05, 0.1) is 10.6 Å². The third-order valence-corrected chi connectivity index (χ3v) is 6.00. The minimum absolute atomic E-state index is 0.0815. The zero-order valence-corrected chi connectivity index (χ0v) is 15.4. The largest absolute Gasteiger partial charge is 0.473 e. The number of aromatic nitrogens is 1. The number of rotatable bonds is 5. The highest BCUT2D eigenvalue weighted by molar-refractivity contribution is 7.13. The monoisotopic (exact) mass is 353 g/mol. The first-order valence-electron chi connectivity index (χ1n) is 8.69. The van der Waals surface area contributed by atoms with E-state index in [9.17, 15) is 4.79 Å². The van der Waals surface area contributed by atoms with E-state index in [1.165, 1.54) is 11.3 Å². The number of ether oxygens (including phenoxy) is 2. The Balaban J connectivity index is 1.51. The first-order chi connectivity index (χ1) is 11.3. The van der Waals surface area contributed by atoms with E-state index in [1.807, 2.05) is 6.92 Å². The minimum Gasteiger partial charge on any atom is -0.473 e. The van der Waals surface area contributed by atoms with Crippen molar-refractivity contribution in [2.24, 2.45) is 5.73 Å². The Morgan fingerprint density at radius 2 is 2.04 bits per heavy atom. The van der Waals surface area contributed by atoms with Crippen LogP contribution in [0.5, 0.6) is 5.88 Å². The number of carbonyl (C=O) groups is 1. The van der Waals surface area contributed by atoms with Crippen LogP contribution in [0.2, 0.25) is 0 Å². The molecule has 134 valence electrons. The number of thiazole rings is 1. The lowest BCUT2D eigenvalue weighted by Crippen LogP contribution is -2.49. The van der Waals surface area contributed by atoms with Gasteiger partial charge < -0.3 is 20.5 Å². The van der Waals surface area contributed by atoms with E-state index in [2.05, 4.69) is 24.1 Å². The van der Waals surface area contributed by atoms with E-state index in [1.54, 1.807) is 0 Å². The molecule has 0 spiro atoms. The lowest BCUT2D eigenvalue weighted by molar-refractivity contribution is 0.0171. The van der Waals surface area contributed by atoms with Crippen LogP contribution < -0.4 is 15.8 Å². The second kappa shape index (κ2) is 6.98. The smallest absolute Gasteiger partial charge is 0.264 e. The maximum absolute atomic E-state index is 11.5. The predicted octanol–water partition coefficient (Wildman–Crippen LogP) is 2.40. The van der Waals surface area contributed by atoms with Gasteiger partial charge in [0.15, 0.2) is 4.88 Å². The van der Waals surface area contributed by atoms with Crippen LogP contribution in [-0.4, -0.2) is 41.3 Å². The summed E-state index contributed by atoms with van der Waals surface area (Å²) in [6.07, 6.45) is 5.22. The van der Waals surface area contributed by atoms with Crippen molar-refractivity contribution in [3.05, 3.63) is 9.88 Å². The van der Waals surface area contributed by atoms with E-state index >= 15 is 0 Å². The minimum atomic E-state index is -0.464. The molecule has 0 aromatic carbocycles. The van der Waals surface area contributed by atoms with Crippen LogP contribution in [0.25, 0.3) is 0 Å². The molecule has 7 heteroatoms. The van der Waals surface area contributed by atoms with Crippen molar-refractivity contribution < 1.29 is 14.3 Å². The fourth-order valence-electron chi connectivity index (χ4n) is 3.61. The molecule has 24 heavy (non-hydrogen) atoms. The molecule has 6 nitrogen and oxygen atoms in total. The number of aryl methyl sites for hydroxylation is 1. The van der Waals surface area contributed by atoms with Crippen LogP contribution in [0.15, 0.2) is 0 Å². The zero-order valence-electron chi connectivity index (χ0n) is 14.6. The fraction of sp³-hybridized carbons (Fsp3) is 0.765. The van der Waals surface area contributed by atoms with Crippen molar-refractivity contribution in [2.45, 2.75) is 76.7 Å². The summed E-state index contributed by atoms with van der Waals surface area (Å²) in [4.78, 5) is 16.2. The van der Waals surface area contributed by atoms with Crippen molar-refractivity contribution in [1.29, 1.82) is 0 Å². The molecule has 0 bridgehead atoms. The molecule has 1 aliphatic carbocycles. The lowest BCUT2D eigenvalue weighted by Gasteiger charge is -2.34. The van der Waals surface area contributed by atoms with Crippen LogP contribution in [0.4, 0.5) is 0 Å². The van der Waals surface area contributed by atoms with Gasteiger partial charge in [0.1, 0.15) is 6.10 Å². The maximum atomic E-state index is 11.5. The Labute approximate surface area is 147 Å². The molecule has 1 aromatic rings. The third kappa shape index (κ3) is 3.90. The van der Waals surface area contributed by atoms with E-state index in [0.29, 0.717) is 22.8 Å². The Morgan fingerprint density at radius 1 is 1.33 bits per heavy atom. The Kier molecular flexibility index (Phi) is 5.13. The summed E-state index contributed by atoms with van der Waals surface area (Å²) in [7, 11) is 0. The molecule has 1 atom stereocenters. The molecule has 1 aliphatic heterocycles. The highest BCUT2D eigenvalue weighted by Crippen LogP contribution is 2.31. The summed E-state index contributed by atoms with van der Waals surface area (Å²) in [5.74, 6) is -0.0545. The van der Waals surface area contributed by atoms with Crippen molar-refractivity contribution in [1.82, 2.24) is 10.3 Å². The Morgan fingerprint density at radius 3 is 2.62 bits per heavy atom. The second-order valence-corrected chi connectivity index (χ2v) is 8.49. The summed E-state index contributed by atoms with van der Waals surface area (Å²) in [6.45, 7) is 7.00. The van der Waals surface area contributed by atoms with Crippen LogP contribution in [0, 0.1) is 6.92 Å². The van der Waals surface area contributed by atoms with Gasteiger partial charge in [-0.3, -0.25) is 4.79 Å². The van der Waals surface area contributed by atoms with Gasteiger partial charge in [0.2, 0.25) is 5.88 Å². The van der Waals surface area contributed by atoms with Crippen LogP contribution >= 0.6 is 11.3 Å². The number of hydrogen-bond donors (Lipinski definition) is 2. The molecule has 2 aliphatic rings. The normalized spacial score (nSPS) is 29.5. The zero-order chi connectivity index (χ0) is 17.3. The first-order valence-corrected chi connectivity index (χ1v) is 9.50. The van der Waals surface area contributed by atoms with E-state index in [-0.39, 0.29) is 11.7 Å². The summed E-state index contributed by atoms with van der Waals surface area (Å²) in [5, 5.41) is 4.56. The number of nitrogens with zero attached hydrogens (tertiary/aromatic N) is 1. The summed E-state index contributed by atoms with van der Waals surface area (Å²) < 4.78 is 11.8. The molecule has 0 radical (unpaired) electrons. The quantitative estimate of drug-likeness (QED) is 0.849. The second-order valence-electron chi connectivity index (χ2n) is 7.28. The average molecular weight is 353 g/mol. The molecule has 1 unspecified atom stereocenters. The van der Waals surface area contributed by atoms with Gasteiger partial charge in [-0.1, -0.05) is 0 Å². The number of amides is 1. The van der Waals surface area contributed by atoms with Gasteiger partial charge >= 0.3 is 0 Å².